The Morgan fingerprint density at radius 3 is 2.22 bits per heavy atom. The molecule has 1 fully saturated rings. The Labute approximate surface area is 216 Å². The summed E-state index contributed by atoms with van der Waals surface area (Å²) in [5.74, 6) is 0.836. The van der Waals surface area contributed by atoms with E-state index in [9.17, 15) is 4.79 Å². The van der Waals surface area contributed by atoms with Gasteiger partial charge in [0.15, 0.2) is 5.76 Å². The molecular formula is C29H30N4O2S. The molecule has 7 heteroatoms. The van der Waals surface area contributed by atoms with E-state index < -0.39 is 0 Å². The number of benzene rings is 3. The lowest BCUT2D eigenvalue weighted by atomic mass is 10.1. The van der Waals surface area contributed by atoms with Crippen molar-refractivity contribution in [1.29, 1.82) is 0 Å². The van der Waals surface area contributed by atoms with Crippen LogP contribution in [0.3, 0.4) is 0 Å². The highest BCUT2D eigenvalue weighted by Gasteiger charge is 2.20. The Balaban J connectivity index is 1.28. The Kier molecular flexibility index (Phi) is 7.69. The number of hydrogen-bond donors (Lipinski definition) is 1. The predicted octanol–water partition coefficient (Wildman–Crippen LogP) is 5.88. The maximum absolute atomic E-state index is 12.9. The fourth-order valence-electron chi connectivity index (χ4n) is 4.41. The van der Waals surface area contributed by atoms with Crippen LogP contribution >= 0.6 is 11.8 Å². The molecule has 4 aromatic rings. The van der Waals surface area contributed by atoms with E-state index in [-0.39, 0.29) is 11.7 Å². The first-order valence-electron chi connectivity index (χ1n) is 12.3. The number of oxazole rings is 1. The van der Waals surface area contributed by atoms with Crippen LogP contribution in [0, 0.1) is 0 Å². The number of hydrogen-bond acceptors (Lipinski definition) is 6. The largest absolute Gasteiger partial charge is 0.431 e. The van der Waals surface area contributed by atoms with Crippen LogP contribution in [0.4, 0.5) is 11.4 Å². The average molecular weight is 499 g/mol. The predicted molar refractivity (Wildman–Crippen MR) is 147 cm³/mol. The van der Waals surface area contributed by atoms with Gasteiger partial charge in [0.25, 0.3) is 5.22 Å². The molecule has 1 aromatic heterocycles. The van der Waals surface area contributed by atoms with Crippen LogP contribution in [-0.4, -0.2) is 54.3 Å². The first kappa shape index (κ1) is 24.2. The summed E-state index contributed by atoms with van der Waals surface area (Å²) in [6.45, 7) is 7.24. The van der Waals surface area contributed by atoms with Gasteiger partial charge < -0.3 is 19.5 Å². The molecule has 5 rings (SSSR count). The summed E-state index contributed by atoms with van der Waals surface area (Å²) in [5.41, 5.74) is 4.63. The number of anilines is 2. The fourth-order valence-corrected chi connectivity index (χ4v) is 5.04. The van der Waals surface area contributed by atoms with Crippen LogP contribution in [0.15, 0.2) is 94.6 Å². The highest BCUT2D eigenvalue weighted by atomic mass is 32.2. The third-order valence-corrected chi connectivity index (χ3v) is 7.18. The third-order valence-electron chi connectivity index (χ3n) is 6.36. The van der Waals surface area contributed by atoms with Crippen molar-refractivity contribution in [3.63, 3.8) is 0 Å². The Morgan fingerprint density at radius 2 is 1.53 bits per heavy atom. The van der Waals surface area contributed by atoms with E-state index in [1.165, 1.54) is 11.8 Å². The zero-order valence-electron chi connectivity index (χ0n) is 20.4. The molecule has 6 nitrogen and oxygen atoms in total. The molecular weight excluding hydrogens is 468 g/mol. The smallest absolute Gasteiger partial charge is 0.257 e. The van der Waals surface area contributed by atoms with Crippen molar-refractivity contribution in [2.75, 3.05) is 48.7 Å². The van der Waals surface area contributed by atoms with Gasteiger partial charge in [-0.2, -0.15) is 0 Å². The number of nitrogens with zero attached hydrogens (tertiary/aromatic N) is 3. The Bertz CT molecular complexity index is 1230. The Hall–Kier alpha value is -3.55. The first-order chi connectivity index (χ1) is 17.7. The second-order valence-electron chi connectivity index (χ2n) is 8.66. The number of likely N-dealkylation sites (N-methyl/N-ethyl adjacent to an activating group) is 1. The van der Waals surface area contributed by atoms with Gasteiger partial charge in [-0.25, -0.2) is 4.98 Å². The van der Waals surface area contributed by atoms with Crippen LogP contribution in [-0.2, 0) is 4.79 Å². The summed E-state index contributed by atoms with van der Waals surface area (Å²) in [4.78, 5) is 22.5. The summed E-state index contributed by atoms with van der Waals surface area (Å²) < 4.78 is 6.15. The molecule has 1 N–H and O–H groups in total. The van der Waals surface area contributed by atoms with Gasteiger partial charge in [0, 0.05) is 37.3 Å². The summed E-state index contributed by atoms with van der Waals surface area (Å²) in [7, 11) is 0. The van der Waals surface area contributed by atoms with E-state index in [1.807, 2.05) is 78.9 Å². The van der Waals surface area contributed by atoms with Gasteiger partial charge in [-0.1, -0.05) is 91.5 Å². The zero-order valence-corrected chi connectivity index (χ0v) is 21.2. The lowest BCUT2D eigenvalue weighted by molar-refractivity contribution is -0.113. The number of carbonyl (C=O) groups excluding carboxylic acids is 1. The standard InChI is InChI=1S/C29H30N4O2S/c1-2-32-17-19-33(20-18-32)25-16-10-9-15-24(25)30-26(34)21-36-29-31-27(22-11-5-3-6-12-22)28(35-29)23-13-7-4-8-14-23/h3-16H,2,17-21H2,1H3,(H,30,34). The summed E-state index contributed by atoms with van der Waals surface area (Å²) >= 11 is 1.31. The highest BCUT2D eigenvalue weighted by Crippen LogP contribution is 2.35. The molecule has 0 atom stereocenters. The minimum absolute atomic E-state index is 0.0830. The van der Waals surface area contributed by atoms with Gasteiger partial charge >= 0.3 is 0 Å². The number of nitrogens with one attached hydrogen (secondary N) is 1. The van der Waals surface area contributed by atoms with Crippen LogP contribution in [0.1, 0.15) is 6.92 Å². The SMILES string of the molecule is CCN1CCN(c2ccccc2NC(=O)CSc2nc(-c3ccccc3)c(-c3ccccc3)o2)CC1. The van der Waals surface area contributed by atoms with E-state index in [1.54, 1.807) is 0 Å². The highest BCUT2D eigenvalue weighted by molar-refractivity contribution is 7.99. The fraction of sp³-hybridized carbons (Fsp3) is 0.241. The number of amides is 1. The van der Waals surface area contributed by atoms with Gasteiger partial charge in [0.05, 0.1) is 17.1 Å². The molecule has 1 aliphatic rings. The molecule has 36 heavy (non-hydrogen) atoms. The lowest BCUT2D eigenvalue weighted by Crippen LogP contribution is -2.46. The maximum atomic E-state index is 12.9. The van der Waals surface area contributed by atoms with Gasteiger partial charge in [-0.15, -0.1) is 0 Å². The van der Waals surface area contributed by atoms with Crippen molar-refractivity contribution >= 4 is 29.0 Å². The minimum atomic E-state index is -0.0830. The molecule has 184 valence electrons. The van der Waals surface area contributed by atoms with Crippen LogP contribution in [0.25, 0.3) is 22.6 Å². The van der Waals surface area contributed by atoms with Crippen molar-refractivity contribution in [2.24, 2.45) is 0 Å². The molecule has 0 saturated carbocycles. The molecule has 2 heterocycles. The quantitative estimate of drug-likeness (QED) is 0.306. The van der Waals surface area contributed by atoms with Crippen molar-refractivity contribution in [2.45, 2.75) is 12.1 Å². The zero-order chi connectivity index (χ0) is 24.7. The number of thioether (sulfide) groups is 1. The topological polar surface area (TPSA) is 61.6 Å². The van der Waals surface area contributed by atoms with Gasteiger partial charge in [0.1, 0.15) is 5.69 Å². The molecule has 0 unspecified atom stereocenters. The van der Waals surface area contributed by atoms with Crippen molar-refractivity contribution in [3.05, 3.63) is 84.9 Å². The average Bonchev–Trinajstić information content (AvgIpc) is 3.38. The molecule has 1 aliphatic heterocycles. The summed E-state index contributed by atoms with van der Waals surface area (Å²) in [6.07, 6.45) is 0. The first-order valence-corrected chi connectivity index (χ1v) is 13.3. The van der Waals surface area contributed by atoms with E-state index >= 15 is 0 Å². The van der Waals surface area contributed by atoms with Gasteiger partial charge in [-0.3, -0.25) is 4.79 Å². The normalized spacial score (nSPS) is 14.1. The summed E-state index contributed by atoms with van der Waals surface area (Å²) in [6, 6.07) is 28.0. The van der Waals surface area contributed by atoms with E-state index in [0.29, 0.717) is 11.0 Å². The Morgan fingerprint density at radius 1 is 0.889 bits per heavy atom. The maximum Gasteiger partial charge on any atom is 0.257 e. The molecule has 0 aliphatic carbocycles. The molecule has 1 amide bonds. The molecule has 0 bridgehead atoms. The second-order valence-corrected chi connectivity index (χ2v) is 9.59. The second kappa shape index (κ2) is 11.5. The van der Waals surface area contributed by atoms with E-state index in [2.05, 4.69) is 28.1 Å². The number of piperazine rings is 1. The van der Waals surface area contributed by atoms with Crippen LogP contribution in [0.5, 0.6) is 0 Å². The van der Waals surface area contributed by atoms with Gasteiger partial charge in [0.2, 0.25) is 5.91 Å². The minimum Gasteiger partial charge on any atom is -0.431 e. The molecule has 3 aromatic carbocycles. The molecule has 1 saturated heterocycles. The summed E-state index contributed by atoms with van der Waals surface area (Å²) in [5, 5.41) is 3.58. The van der Waals surface area contributed by atoms with E-state index in [0.717, 1.165) is 60.9 Å². The van der Waals surface area contributed by atoms with Gasteiger partial charge in [-0.05, 0) is 18.7 Å². The van der Waals surface area contributed by atoms with Crippen LogP contribution < -0.4 is 10.2 Å². The number of aromatic nitrogens is 1. The van der Waals surface area contributed by atoms with Crippen molar-refractivity contribution < 1.29 is 9.21 Å². The monoisotopic (exact) mass is 498 g/mol. The lowest BCUT2D eigenvalue weighted by Gasteiger charge is -2.36. The van der Waals surface area contributed by atoms with Crippen molar-refractivity contribution in [3.8, 4) is 22.6 Å². The van der Waals surface area contributed by atoms with E-state index in [4.69, 9.17) is 9.40 Å². The van der Waals surface area contributed by atoms with Crippen LogP contribution in [0.2, 0.25) is 0 Å². The van der Waals surface area contributed by atoms with Crippen molar-refractivity contribution in [1.82, 2.24) is 9.88 Å². The molecule has 0 spiro atoms. The number of para-hydroxylation sites is 2. The number of carbonyl (C=O) groups is 1. The number of rotatable bonds is 8. The molecule has 0 radical (unpaired) electrons. The third kappa shape index (κ3) is 5.64.